The first-order chi connectivity index (χ1) is 9.55. The molecule has 1 aliphatic carbocycles. The molecule has 1 aliphatic rings. The Hall–Kier alpha value is -1.85. The summed E-state index contributed by atoms with van der Waals surface area (Å²) < 4.78 is 37.1. The summed E-state index contributed by atoms with van der Waals surface area (Å²) in [6.07, 6.45) is 2.18. The molecule has 0 bridgehead atoms. The van der Waals surface area contributed by atoms with Crippen LogP contribution in [0.2, 0.25) is 0 Å². The van der Waals surface area contributed by atoms with Crippen LogP contribution in [0.15, 0.2) is 22.9 Å². The maximum atomic E-state index is 13.1. The molecule has 0 aliphatic heterocycles. The molecule has 4 nitrogen and oxygen atoms in total. The first-order valence-corrected chi connectivity index (χ1v) is 6.67. The van der Waals surface area contributed by atoms with Crippen molar-refractivity contribution in [2.45, 2.75) is 31.6 Å². The number of nitrogen functional groups attached to an aromatic ring is 1. The van der Waals surface area contributed by atoms with E-state index in [2.05, 4.69) is 4.98 Å². The Kier molecular flexibility index (Phi) is 3.23. The van der Waals surface area contributed by atoms with Crippen molar-refractivity contribution < 1.29 is 17.9 Å². The summed E-state index contributed by atoms with van der Waals surface area (Å²) in [7, 11) is 0. The minimum absolute atomic E-state index is 0.0551. The number of halogens is 2. The van der Waals surface area contributed by atoms with E-state index in [1.54, 1.807) is 12.1 Å². The third-order valence-electron chi connectivity index (χ3n) is 3.79. The van der Waals surface area contributed by atoms with Crippen LogP contribution in [-0.2, 0) is 0 Å². The average Bonchev–Trinajstić information content (AvgIpc) is 2.90. The Morgan fingerprint density at radius 2 is 2.10 bits per heavy atom. The van der Waals surface area contributed by atoms with Gasteiger partial charge < -0.3 is 14.9 Å². The van der Waals surface area contributed by atoms with E-state index in [1.165, 1.54) is 6.39 Å². The third-order valence-corrected chi connectivity index (χ3v) is 3.79. The van der Waals surface area contributed by atoms with Crippen molar-refractivity contribution in [3.05, 3.63) is 18.5 Å². The zero-order chi connectivity index (χ0) is 14.2. The molecular formula is C14H16F2N2O2. The van der Waals surface area contributed by atoms with Crippen LogP contribution in [0.4, 0.5) is 14.5 Å². The molecule has 2 aromatic rings. The fourth-order valence-corrected chi connectivity index (χ4v) is 2.53. The molecule has 1 heterocycles. The van der Waals surface area contributed by atoms with Gasteiger partial charge in [0.05, 0.1) is 12.3 Å². The quantitative estimate of drug-likeness (QED) is 0.873. The molecule has 0 unspecified atom stereocenters. The SMILES string of the molecule is Nc1ccc(OCC2CCC(F)(F)CC2)c2ocnc12. The van der Waals surface area contributed by atoms with Crippen molar-refractivity contribution in [2.24, 2.45) is 5.92 Å². The normalized spacial score (nSPS) is 19.3. The molecule has 1 fully saturated rings. The number of alkyl halides is 2. The highest BCUT2D eigenvalue weighted by Crippen LogP contribution is 2.37. The Morgan fingerprint density at radius 1 is 1.35 bits per heavy atom. The van der Waals surface area contributed by atoms with E-state index in [4.69, 9.17) is 14.9 Å². The van der Waals surface area contributed by atoms with E-state index >= 15 is 0 Å². The maximum Gasteiger partial charge on any atom is 0.248 e. The summed E-state index contributed by atoms with van der Waals surface area (Å²) in [5.74, 6) is -1.79. The molecule has 0 saturated heterocycles. The summed E-state index contributed by atoms with van der Waals surface area (Å²) in [5.41, 5.74) is 7.38. The van der Waals surface area contributed by atoms with Crippen molar-refractivity contribution in [1.82, 2.24) is 4.98 Å². The summed E-state index contributed by atoms with van der Waals surface area (Å²) in [4.78, 5) is 4.02. The molecule has 6 heteroatoms. The van der Waals surface area contributed by atoms with E-state index in [1.807, 2.05) is 0 Å². The van der Waals surface area contributed by atoms with Crippen LogP contribution in [-0.4, -0.2) is 17.5 Å². The van der Waals surface area contributed by atoms with Gasteiger partial charge in [0.25, 0.3) is 0 Å². The zero-order valence-electron chi connectivity index (χ0n) is 10.9. The number of fused-ring (bicyclic) bond motifs is 1. The molecular weight excluding hydrogens is 266 g/mol. The number of oxazole rings is 1. The Morgan fingerprint density at radius 3 is 2.85 bits per heavy atom. The van der Waals surface area contributed by atoms with Crippen LogP contribution in [0.5, 0.6) is 5.75 Å². The lowest BCUT2D eigenvalue weighted by molar-refractivity contribution is -0.0498. The molecule has 20 heavy (non-hydrogen) atoms. The predicted octanol–water partition coefficient (Wildman–Crippen LogP) is 3.61. The summed E-state index contributed by atoms with van der Waals surface area (Å²) in [6, 6.07) is 3.43. The fourth-order valence-electron chi connectivity index (χ4n) is 2.53. The molecule has 1 aromatic heterocycles. The molecule has 108 valence electrons. The molecule has 2 N–H and O–H groups in total. The highest BCUT2D eigenvalue weighted by Gasteiger charge is 2.35. The van der Waals surface area contributed by atoms with Gasteiger partial charge in [0, 0.05) is 12.8 Å². The number of ether oxygens (including phenoxy) is 1. The first-order valence-electron chi connectivity index (χ1n) is 6.67. The Balaban J connectivity index is 1.66. The number of rotatable bonds is 3. The number of anilines is 1. The van der Waals surface area contributed by atoms with Gasteiger partial charge in [-0.3, -0.25) is 0 Å². The topological polar surface area (TPSA) is 61.3 Å². The van der Waals surface area contributed by atoms with Crippen LogP contribution >= 0.6 is 0 Å². The van der Waals surface area contributed by atoms with Crippen molar-refractivity contribution in [3.8, 4) is 5.75 Å². The highest BCUT2D eigenvalue weighted by atomic mass is 19.3. The van der Waals surface area contributed by atoms with Gasteiger partial charge in [-0.1, -0.05) is 0 Å². The van der Waals surface area contributed by atoms with Gasteiger partial charge in [0.2, 0.25) is 5.92 Å². The number of hydrogen-bond acceptors (Lipinski definition) is 4. The van der Waals surface area contributed by atoms with Gasteiger partial charge in [-0.2, -0.15) is 0 Å². The number of nitrogens with zero attached hydrogens (tertiary/aromatic N) is 1. The highest BCUT2D eigenvalue weighted by molar-refractivity contribution is 5.89. The standard InChI is InChI=1S/C14H16F2N2O2/c15-14(16)5-3-9(4-6-14)7-19-11-2-1-10(17)12-13(11)20-8-18-12/h1-2,8-9H,3-7,17H2. The van der Waals surface area contributed by atoms with E-state index in [0.717, 1.165) is 0 Å². The molecule has 1 saturated carbocycles. The second kappa shape index (κ2) is 4.92. The van der Waals surface area contributed by atoms with Crippen molar-refractivity contribution in [1.29, 1.82) is 0 Å². The van der Waals surface area contributed by atoms with Crippen LogP contribution in [0.1, 0.15) is 25.7 Å². The molecule has 3 rings (SSSR count). The van der Waals surface area contributed by atoms with E-state index in [-0.39, 0.29) is 18.8 Å². The molecule has 0 amide bonds. The zero-order valence-corrected chi connectivity index (χ0v) is 10.9. The largest absolute Gasteiger partial charge is 0.489 e. The monoisotopic (exact) mass is 282 g/mol. The molecule has 0 radical (unpaired) electrons. The van der Waals surface area contributed by atoms with Gasteiger partial charge in [-0.15, -0.1) is 0 Å². The van der Waals surface area contributed by atoms with Gasteiger partial charge >= 0.3 is 0 Å². The van der Waals surface area contributed by atoms with Gasteiger partial charge in [-0.05, 0) is 30.9 Å². The number of nitrogens with two attached hydrogens (primary N) is 1. The van der Waals surface area contributed by atoms with E-state index < -0.39 is 5.92 Å². The van der Waals surface area contributed by atoms with Crippen LogP contribution in [0.3, 0.4) is 0 Å². The number of hydrogen-bond donors (Lipinski definition) is 1. The average molecular weight is 282 g/mol. The second-order valence-corrected chi connectivity index (χ2v) is 5.29. The van der Waals surface area contributed by atoms with Gasteiger partial charge in [0.1, 0.15) is 5.52 Å². The maximum absolute atomic E-state index is 13.1. The van der Waals surface area contributed by atoms with Crippen molar-refractivity contribution in [2.75, 3.05) is 12.3 Å². The van der Waals surface area contributed by atoms with Crippen molar-refractivity contribution in [3.63, 3.8) is 0 Å². The molecule has 1 aromatic carbocycles. The second-order valence-electron chi connectivity index (χ2n) is 5.29. The van der Waals surface area contributed by atoms with Crippen molar-refractivity contribution >= 4 is 16.8 Å². The minimum Gasteiger partial charge on any atom is -0.489 e. The summed E-state index contributed by atoms with van der Waals surface area (Å²) >= 11 is 0. The lowest BCUT2D eigenvalue weighted by Gasteiger charge is -2.28. The Bertz CT molecular complexity index is 602. The van der Waals surface area contributed by atoms with Crippen LogP contribution in [0.25, 0.3) is 11.1 Å². The number of benzene rings is 1. The number of aromatic nitrogens is 1. The summed E-state index contributed by atoms with van der Waals surface area (Å²) in [6.45, 7) is 0.412. The van der Waals surface area contributed by atoms with Crippen LogP contribution in [0, 0.1) is 5.92 Å². The summed E-state index contributed by atoms with van der Waals surface area (Å²) in [5, 5.41) is 0. The minimum atomic E-state index is -2.50. The molecule has 0 atom stereocenters. The lowest BCUT2D eigenvalue weighted by Crippen LogP contribution is -2.27. The van der Waals surface area contributed by atoms with E-state index in [0.29, 0.717) is 42.0 Å². The van der Waals surface area contributed by atoms with Gasteiger partial charge in [-0.25, -0.2) is 13.8 Å². The first kappa shape index (κ1) is 13.1. The Labute approximate surface area is 114 Å². The smallest absolute Gasteiger partial charge is 0.248 e. The third kappa shape index (κ3) is 2.55. The fraction of sp³-hybridized carbons (Fsp3) is 0.500. The van der Waals surface area contributed by atoms with Crippen LogP contribution < -0.4 is 10.5 Å². The predicted molar refractivity (Wildman–Crippen MR) is 70.8 cm³/mol. The molecule has 0 spiro atoms. The van der Waals surface area contributed by atoms with Gasteiger partial charge in [0.15, 0.2) is 17.7 Å². The van der Waals surface area contributed by atoms with E-state index in [9.17, 15) is 8.78 Å². The lowest BCUT2D eigenvalue weighted by atomic mass is 9.87.